The van der Waals surface area contributed by atoms with Crippen LogP contribution in [-0.2, 0) is 11.0 Å². The van der Waals surface area contributed by atoms with E-state index in [0.717, 1.165) is 56.1 Å². The first-order valence-corrected chi connectivity index (χ1v) is 18.2. The molecule has 0 N–H and O–H groups in total. The average Bonchev–Trinajstić information content (AvgIpc) is 3.87. The Labute approximate surface area is 252 Å². The Hall–Kier alpha value is -3.09. The molecule has 3 aliphatic rings. The van der Waals surface area contributed by atoms with Gasteiger partial charge in [-0.05, 0) is 41.7 Å². The van der Waals surface area contributed by atoms with Crippen molar-refractivity contribution in [3.05, 3.63) is 90.5 Å². The molecule has 0 amide bonds. The summed E-state index contributed by atoms with van der Waals surface area (Å²) >= 11 is 0. The van der Waals surface area contributed by atoms with E-state index in [-0.39, 0.29) is 0 Å². The lowest BCUT2D eigenvalue weighted by Crippen LogP contribution is -2.16. The molecule has 42 heavy (non-hydrogen) atoms. The molecule has 4 aromatic rings. The summed E-state index contributed by atoms with van der Waals surface area (Å²) in [6, 6.07) is 29.3. The maximum absolute atomic E-state index is 13.7. The molecule has 2 bridgehead atoms. The highest BCUT2D eigenvalue weighted by Crippen LogP contribution is 2.73. The quantitative estimate of drug-likeness (QED) is 0.0751. The number of hydrogen-bond acceptors (Lipinski definition) is 2. The fourth-order valence-electron chi connectivity index (χ4n) is 6.56. The van der Waals surface area contributed by atoms with Crippen molar-refractivity contribution in [3.63, 3.8) is 0 Å². The van der Waals surface area contributed by atoms with Crippen molar-refractivity contribution in [1.29, 1.82) is 0 Å². The third-order valence-electron chi connectivity index (χ3n) is 9.06. The van der Waals surface area contributed by atoms with Gasteiger partial charge in [0.05, 0.1) is 5.30 Å². The van der Waals surface area contributed by atoms with Gasteiger partial charge in [-0.3, -0.25) is 0 Å². The van der Waals surface area contributed by atoms with E-state index in [4.69, 9.17) is 4.74 Å². The normalized spacial score (nSPS) is 15.8. The van der Waals surface area contributed by atoms with E-state index in [1.54, 1.807) is 0 Å². The second-order valence-electron chi connectivity index (χ2n) is 12.2. The number of rotatable bonds is 18. The molecular weight excluding hydrogens is 531 g/mol. The van der Waals surface area contributed by atoms with Gasteiger partial charge < -0.3 is 9.30 Å². The van der Waals surface area contributed by atoms with Gasteiger partial charge in [0.1, 0.15) is 11.5 Å². The van der Waals surface area contributed by atoms with Crippen LogP contribution >= 0.6 is 7.14 Å². The predicted molar refractivity (Wildman–Crippen MR) is 180 cm³/mol. The number of fused-ring (bicyclic) bond motifs is 2. The smallest absolute Gasteiger partial charge is 0.178 e. The Kier molecular flexibility index (Phi) is 9.30. The van der Waals surface area contributed by atoms with Crippen LogP contribution in [0.2, 0.25) is 0 Å². The van der Waals surface area contributed by atoms with Gasteiger partial charge in [0, 0.05) is 21.7 Å². The second kappa shape index (κ2) is 13.5. The van der Waals surface area contributed by atoms with Crippen LogP contribution in [-0.4, -0.2) is 0 Å². The zero-order chi connectivity index (χ0) is 28.8. The molecule has 1 atom stereocenters. The summed E-state index contributed by atoms with van der Waals surface area (Å²) < 4.78 is 20.2. The molecule has 4 aromatic carbocycles. The fourth-order valence-corrected chi connectivity index (χ4v) is 9.52. The van der Waals surface area contributed by atoms with Gasteiger partial charge in [-0.15, -0.1) is 0 Å². The van der Waals surface area contributed by atoms with Crippen molar-refractivity contribution in [1.82, 2.24) is 0 Å². The molecule has 3 aliphatic heterocycles. The molecule has 0 aliphatic carbocycles. The molecule has 3 heterocycles. The van der Waals surface area contributed by atoms with E-state index in [2.05, 4.69) is 55.5 Å². The zero-order valence-corrected chi connectivity index (χ0v) is 26.1. The maximum Gasteiger partial charge on any atom is 0.178 e. The monoisotopic (exact) mass is 576 g/mol. The molecule has 218 valence electrons. The Morgan fingerprint density at radius 3 is 1.60 bits per heavy atom. The van der Waals surface area contributed by atoms with Crippen LogP contribution in [0.25, 0.3) is 22.3 Å². The first kappa shape index (κ1) is 29.0. The van der Waals surface area contributed by atoms with Crippen LogP contribution < -0.4 is 20.7 Å². The van der Waals surface area contributed by atoms with Gasteiger partial charge in [-0.25, -0.2) is 0 Å². The van der Waals surface area contributed by atoms with Gasteiger partial charge >= 0.3 is 0 Å². The zero-order valence-electron chi connectivity index (χ0n) is 25.2. The topological polar surface area (TPSA) is 26.3 Å². The minimum atomic E-state index is -2.43. The van der Waals surface area contributed by atoms with Crippen LogP contribution in [0.3, 0.4) is 0 Å². The average molecular weight is 577 g/mol. The first-order valence-electron chi connectivity index (χ1n) is 16.5. The SMILES string of the molecule is CCCCCCCCCCCCCCCc1ccc(-c2c(-c3ccccc3)c(Oc3ccccc3)c3c4c2P34=O)cc1. The van der Waals surface area contributed by atoms with Gasteiger partial charge in [0.2, 0.25) is 0 Å². The number of hydrogen-bond donors (Lipinski definition) is 0. The van der Waals surface area contributed by atoms with Crippen LogP contribution in [0, 0.1) is 0 Å². The van der Waals surface area contributed by atoms with E-state index in [1.165, 1.54) is 89.0 Å². The highest BCUT2D eigenvalue weighted by Gasteiger charge is 2.71. The second-order valence-corrected chi connectivity index (χ2v) is 14.8. The van der Waals surface area contributed by atoms with Crippen LogP contribution in [0.15, 0.2) is 84.9 Å². The van der Waals surface area contributed by atoms with Crippen LogP contribution in [0.1, 0.15) is 96.0 Å². The van der Waals surface area contributed by atoms with Gasteiger partial charge in [0.15, 0.2) is 7.14 Å². The summed E-state index contributed by atoms with van der Waals surface area (Å²) in [6.45, 7) is 2.29. The summed E-state index contributed by atoms with van der Waals surface area (Å²) in [6.07, 6.45) is 19.1. The molecule has 0 aromatic heterocycles. The summed E-state index contributed by atoms with van der Waals surface area (Å²) in [7, 11) is -2.43. The fraction of sp³-hybridized carbons (Fsp3) is 0.385. The minimum absolute atomic E-state index is 0.782. The summed E-state index contributed by atoms with van der Waals surface area (Å²) in [5, 5.41) is 3.11. The predicted octanol–water partition coefficient (Wildman–Crippen LogP) is 10.7. The summed E-state index contributed by atoms with van der Waals surface area (Å²) in [4.78, 5) is 0. The summed E-state index contributed by atoms with van der Waals surface area (Å²) in [5.74, 6) is 1.57. The first-order chi connectivity index (χ1) is 20.7. The Morgan fingerprint density at radius 2 is 1.02 bits per heavy atom. The third kappa shape index (κ3) is 6.16. The molecule has 0 saturated carbocycles. The summed E-state index contributed by atoms with van der Waals surface area (Å²) in [5.41, 5.74) is 5.81. The van der Waals surface area contributed by atoms with Gasteiger partial charge in [-0.2, -0.15) is 0 Å². The molecule has 0 radical (unpaired) electrons. The third-order valence-corrected chi connectivity index (χ3v) is 11.8. The minimum Gasteiger partial charge on any atom is -0.456 e. The van der Waals surface area contributed by atoms with Crippen molar-refractivity contribution < 1.29 is 9.30 Å². The van der Waals surface area contributed by atoms with Crippen molar-refractivity contribution in [2.75, 3.05) is 0 Å². The molecule has 2 nitrogen and oxygen atoms in total. The number of unbranched alkanes of at least 4 members (excludes halogenated alkanes) is 12. The van der Waals surface area contributed by atoms with E-state index in [1.807, 2.05) is 36.4 Å². The highest BCUT2D eigenvalue weighted by atomic mass is 31.2. The molecular formula is C39H45O2P. The van der Waals surface area contributed by atoms with Crippen LogP contribution in [0.5, 0.6) is 11.5 Å². The maximum atomic E-state index is 13.7. The Morgan fingerprint density at radius 1 is 0.524 bits per heavy atom. The van der Waals surface area contributed by atoms with E-state index in [0.29, 0.717) is 0 Å². The molecule has 0 fully saturated rings. The van der Waals surface area contributed by atoms with Crippen molar-refractivity contribution in [2.24, 2.45) is 0 Å². The molecule has 0 spiro atoms. The molecule has 1 unspecified atom stereocenters. The lowest BCUT2D eigenvalue weighted by Gasteiger charge is -2.20. The Bertz CT molecular complexity index is 1520. The van der Waals surface area contributed by atoms with Gasteiger partial charge in [0.25, 0.3) is 0 Å². The largest absolute Gasteiger partial charge is 0.456 e. The highest BCUT2D eigenvalue weighted by molar-refractivity contribution is 8.06. The lowest BCUT2D eigenvalue weighted by atomic mass is 9.92. The molecule has 0 saturated heterocycles. The van der Waals surface area contributed by atoms with E-state index < -0.39 is 7.14 Å². The number of ether oxygens (including phenoxy) is 1. The number of para-hydroxylation sites is 1. The van der Waals surface area contributed by atoms with Crippen LogP contribution in [0.4, 0.5) is 0 Å². The molecule has 7 rings (SSSR count). The van der Waals surface area contributed by atoms with E-state index >= 15 is 0 Å². The lowest BCUT2D eigenvalue weighted by molar-refractivity contribution is 0.489. The van der Waals surface area contributed by atoms with Gasteiger partial charge in [-0.1, -0.05) is 157 Å². The van der Waals surface area contributed by atoms with E-state index in [9.17, 15) is 4.57 Å². The van der Waals surface area contributed by atoms with Crippen molar-refractivity contribution >= 4 is 23.1 Å². The number of benzene rings is 4. The van der Waals surface area contributed by atoms with Crippen molar-refractivity contribution in [3.8, 4) is 33.8 Å². The Balaban J connectivity index is 1.06. The molecule has 3 heteroatoms. The standard InChI is InChI=1S/C39H45O2P/c1-2-3-4-5-6-7-8-9-10-11-12-13-16-21-30-26-28-32(29-27-30)35-34(31-22-17-14-18-23-31)36(38-39-37(35)42(38,39)40)41-33-24-19-15-20-25-33/h14-15,17-20,22-29H,2-13,16,21H2,1H3. The van der Waals surface area contributed by atoms with Crippen molar-refractivity contribution in [2.45, 2.75) is 96.8 Å². The number of aryl methyl sites for hydroxylation is 1.